The summed E-state index contributed by atoms with van der Waals surface area (Å²) >= 11 is 0. The minimum absolute atomic E-state index is 0. The molecule has 4 heterocycles. The Hall–Kier alpha value is -1.54. The van der Waals surface area contributed by atoms with Crippen LogP contribution in [0.5, 0.6) is 11.5 Å². The van der Waals surface area contributed by atoms with Crippen molar-refractivity contribution < 1.29 is 14.3 Å². The Balaban J connectivity index is 0.00000168. The van der Waals surface area contributed by atoms with Gasteiger partial charge in [0.15, 0.2) is 11.5 Å². The molecule has 8 heteroatoms. The monoisotopic (exact) mass is 380 g/mol. The van der Waals surface area contributed by atoms with Crippen molar-refractivity contribution in [1.82, 2.24) is 21.1 Å². The number of likely N-dealkylation sites (tertiary alicyclic amines) is 1. The second kappa shape index (κ2) is 7.23. The van der Waals surface area contributed by atoms with Crippen LogP contribution < -0.4 is 25.6 Å². The lowest BCUT2D eigenvalue weighted by Gasteiger charge is -2.32. The summed E-state index contributed by atoms with van der Waals surface area (Å²) in [7, 11) is 0. The van der Waals surface area contributed by atoms with Crippen LogP contribution in [0.3, 0.4) is 0 Å². The van der Waals surface area contributed by atoms with Crippen molar-refractivity contribution in [2.75, 3.05) is 26.4 Å². The molecule has 142 valence electrons. The lowest BCUT2D eigenvalue weighted by Crippen LogP contribution is -2.50. The summed E-state index contributed by atoms with van der Waals surface area (Å²) in [6.07, 6.45) is 3.10. The van der Waals surface area contributed by atoms with Gasteiger partial charge in [0.2, 0.25) is 12.7 Å². The molecule has 1 amide bonds. The number of halogens is 1. The van der Waals surface area contributed by atoms with Gasteiger partial charge in [-0.05, 0) is 43.5 Å². The fourth-order valence-corrected chi connectivity index (χ4v) is 4.64. The minimum Gasteiger partial charge on any atom is -0.454 e. The van der Waals surface area contributed by atoms with Crippen LogP contribution in [0.1, 0.15) is 30.9 Å². The van der Waals surface area contributed by atoms with Gasteiger partial charge in [0.05, 0.1) is 6.04 Å². The fourth-order valence-electron chi connectivity index (χ4n) is 4.64. The third-order valence-electron chi connectivity index (χ3n) is 5.96. The number of piperidine rings is 1. The second-order valence-electron chi connectivity index (χ2n) is 7.33. The van der Waals surface area contributed by atoms with Gasteiger partial charge in [-0.2, -0.15) is 0 Å². The molecule has 5 rings (SSSR count). The molecule has 0 radical (unpaired) electrons. The van der Waals surface area contributed by atoms with Crippen LogP contribution >= 0.6 is 12.4 Å². The number of benzene rings is 1. The van der Waals surface area contributed by atoms with Gasteiger partial charge in [0.25, 0.3) is 0 Å². The highest BCUT2D eigenvalue weighted by molar-refractivity contribution is 5.85. The molecule has 1 aromatic rings. The van der Waals surface area contributed by atoms with Crippen LogP contribution in [0.4, 0.5) is 0 Å². The van der Waals surface area contributed by atoms with E-state index in [9.17, 15) is 4.79 Å². The number of nitrogens with one attached hydrogen (secondary N) is 3. The van der Waals surface area contributed by atoms with Crippen LogP contribution in [0, 0.1) is 5.92 Å². The third kappa shape index (κ3) is 2.93. The number of rotatable bonds is 2. The summed E-state index contributed by atoms with van der Waals surface area (Å²) in [5.41, 5.74) is 7.73. The Labute approximate surface area is 159 Å². The van der Waals surface area contributed by atoms with Crippen molar-refractivity contribution in [1.29, 1.82) is 0 Å². The number of hydrogen-bond acceptors (Lipinski definition) is 6. The molecular weight excluding hydrogens is 356 g/mol. The summed E-state index contributed by atoms with van der Waals surface area (Å²) in [5.74, 6) is 2.11. The number of hydrazine groups is 1. The maximum absolute atomic E-state index is 13.3. The fraction of sp³-hybridized carbons (Fsp3) is 0.611. The Morgan fingerprint density at radius 1 is 1.15 bits per heavy atom. The van der Waals surface area contributed by atoms with Gasteiger partial charge >= 0.3 is 0 Å². The Bertz CT molecular complexity index is 688. The van der Waals surface area contributed by atoms with E-state index in [4.69, 9.17) is 9.47 Å². The van der Waals surface area contributed by atoms with E-state index in [1.165, 1.54) is 0 Å². The maximum atomic E-state index is 13.3. The van der Waals surface area contributed by atoms with Gasteiger partial charge < -0.3 is 19.7 Å². The molecule has 0 aromatic heterocycles. The van der Waals surface area contributed by atoms with Crippen molar-refractivity contribution >= 4 is 18.3 Å². The second-order valence-corrected chi connectivity index (χ2v) is 7.33. The molecule has 1 aromatic carbocycles. The molecule has 26 heavy (non-hydrogen) atoms. The molecule has 3 saturated heterocycles. The van der Waals surface area contributed by atoms with Crippen LogP contribution in [-0.4, -0.2) is 49.3 Å². The highest BCUT2D eigenvalue weighted by Crippen LogP contribution is 2.39. The van der Waals surface area contributed by atoms with Crippen LogP contribution in [0.15, 0.2) is 18.2 Å². The van der Waals surface area contributed by atoms with Crippen molar-refractivity contribution in [3.05, 3.63) is 23.8 Å². The van der Waals surface area contributed by atoms with Gasteiger partial charge in [0, 0.05) is 25.0 Å². The number of ether oxygens (including phenoxy) is 2. The Morgan fingerprint density at radius 3 is 2.96 bits per heavy atom. The maximum Gasteiger partial charge on any atom is 0.241 e. The molecule has 0 saturated carbocycles. The lowest BCUT2D eigenvalue weighted by atomic mass is 9.88. The molecule has 4 atom stereocenters. The van der Waals surface area contributed by atoms with E-state index >= 15 is 0 Å². The third-order valence-corrected chi connectivity index (χ3v) is 5.96. The average molecular weight is 381 g/mol. The van der Waals surface area contributed by atoms with Gasteiger partial charge in [-0.25, -0.2) is 5.43 Å². The molecule has 3 N–H and O–H groups in total. The highest BCUT2D eigenvalue weighted by atomic mass is 35.5. The van der Waals surface area contributed by atoms with Gasteiger partial charge in [-0.3, -0.25) is 10.2 Å². The van der Waals surface area contributed by atoms with E-state index in [2.05, 4.69) is 22.2 Å². The van der Waals surface area contributed by atoms with E-state index in [0.29, 0.717) is 12.0 Å². The zero-order valence-corrected chi connectivity index (χ0v) is 15.4. The quantitative estimate of drug-likeness (QED) is 0.709. The van der Waals surface area contributed by atoms with Crippen LogP contribution in [0.25, 0.3) is 0 Å². The molecule has 3 fully saturated rings. The molecule has 4 unspecified atom stereocenters. The number of fused-ring (bicyclic) bond motifs is 2. The summed E-state index contributed by atoms with van der Waals surface area (Å²) < 4.78 is 10.9. The SMILES string of the molecule is Cl.O=C(C1NNC2CCNCC21)N1CCCC1c1ccc2c(c1)OCO2. The van der Waals surface area contributed by atoms with E-state index in [1.807, 2.05) is 17.0 Å². The van der Waals surface area contributed by atoms with Gasteiger partial charge in [-0.15, -0.1) is 12.4 Å². The topological polar surface area (TPSA) is 74.9 Å². The first-order chi connectivity index (χ1) is 12.3. The largest absolute Gasteiger partial charge is 0.454 e. The van der Waals surface area contributed by atoms with Crippen molar-refractivity contribution in [2.24, 2.45) is 5.92 Å². The molecular formula is C18H25ClN4O3. The summed E-state index contributed by atoms with van der Waals surface area (Å²) in [5, 5.41) is 3.42. The summed E-state index contributed by atoms with van der Waals surface area (Å²) in [6.45, 7) is 3.00. The number of carbonyl (C=O) groups is 1. The van der Waals surface area contributed by atoms with E-state index in [-0.39, 0.29) is 37.2 Å². The minimum atomic E-state index is -0.146. The smallest absolute Gasteiger partial charge is 0.241 e. The summed E-state index contributed by atoms with van der Waals surface area (Å²) in [4.78, 5) is 15.3. The normalized spacial score (nSPS) is 32.2. The molecule has 0 bridgehead atoms. The van der Waals surface area contributed by atoms with E-state index in [0.717, 1.165) is 56.0 Å². The predicted octanol–water partition coefficient (Wildman–Crippen LogP) is 0.955. The molecule has 4 aliphatic heterocycles. The first kappa shape index (κ1) is 17.9. The first-order valence-electron chi connectivity index (χ1n) is 9.23. The first-order valence-corrected chi connectivity index (χ1v) is 9.23. The number of nitrogens with zero attached hydrogens (tertiary/aromatic N) is 1. The predicted molar refractivity (Wildman–Crippen MR) is 98.3 cm³/mol. The average Bonchev–Trinajstić information content (AvgIpc) is 3.38. The number of amides is 1. The van der Waals surface area contributed by atoms with Crippen molar-refractivity contribution in [2.45, 2.75) is 37.4 Å². The number of hydrogen-bond donors (Lipinski definition) is 3. The Morgan fingerprint density at radius 2 is 2.04 bits per heavy atom. The molecule has 7 nitrogen and oxygen atoms in total. The standard InChI is InChI=1S/C18H24N4O3.ClH/c23-18(17-12-9-19-6-5-13(12)20-21-17)22-7-1-2-14(22)11-3-4-15-16(8-11)25-10-24-15;/h3-4,8,12-14,17,19-21H,1-2,5-7,9-10H2;1H. The lowest BCUT2D eigenvalue weighted by molar-refractivity contribution is -0.135. The molecule has 0 aliphatic carbocycles. The van der Waals surface area contributed by atoms with Crippen molar-refractivity contribution in [3.8, 4) is 11.5 Å². The number of carbonyl (C=O) groups excluding carboxylic acids is 1. The van der Waals surface area contributed by atoms with Crippen molar-refractivity contribution in [3.63, 3.8) is 0 Å². The molecule has 0 spiro atoms. The van der Waals surface area contributed by atoms with E-state index in [1.54, 1.807) is 0 Å². The van der Waals surface area contributed by atoms with Gasteiger partial charge in [0.1, 0.15) is 6.04 Å². The van der Waals surface area contributed by atoms with Gasteiger partial charge in [-0.1, -0.05) is 6.07 Å². The Kier molecular flexibility index (Phi) is 4.96. The van der Waals surface area contributed by atoms with E-state index < -0.39 is 0 Å². The zero-order valence-electron chi connectivity index (χ0n) is 14.6. The van der Waals surface area contributed by atoms with Crippen LogP contribution in [0.2, 0.25) is 0 Å². The zero-order chi connectivity index (χ0) is 16.8. The van der Waals surface area contributed by atoms with Crippen LogP contribution in [-0.2, 0) is 4.79 Å². The summed E-state index contributed by atoms with van der Waals surface area (Å²) in [6, 6.07) is 6.42. The molecule has 4 aliphatic rings. The highest BCUT2D eigenvalue weighted by Gasteiger charge is 2.44.